The van der Waals surface area contributed by atoms with E-state index >= 15 is 0 Å². The topological polar surface area (TPSA) is 34.6 Å². The van der Waals surface area contributed by atoms with E-state index in [1.807, 2.05) is 12.1 Å². The van der Waals surface area contributed by atoms with Crippen LogP contribution in [-0.4, -0.2) is 42.4 Å². The zero-order chi connectivity index (χ0) is 25.4. The zero-order valence-corrected chi connectivity index (χ0v) is 23.9. The van der Waals surface area contributed by atoms with Gasteiger partial charge in [-0.2, -0.15) is 13.2 Å². The van der Waals surface area contributed by atoms with E-state index in [0.29, 0.717) is 12.1 Å². The van der Waals surface area contributed by atoms with E-state index in [9.17, 15) is 13.2 Å². The largest absolute Gasteiger partial charge is 0.493 e. The first-order chi connectivity index (χ1) is 17.4. The highest BCUT2D eigenvalue weighted by Crippen LogP contribution is 2.34. The van der Waals surface area contributed by atoms with Crippen LogP contribution in [-0.2, 0) is 12.7 Å². The number of ether oxygens (including phenoxy) is 2. The minimum Gasteiger partial charge on any atom is -0.493 e. The maximum absolute atomic E-state index is 13.0. The average molecular weight is 592 g/mol. The van der Waals surface area contributed by atoms with Crippen LogP contribution in [0.3, 0.4) is 0 Å². The Morgan fingerprint density at radius 3 is 2.45 bits per heavy atom. The van der Waals surface area contributed by atoms with Gasteiger partial charge in [0.25, 0.3) is 0 Å². The summed E-state index contributed by atoms with van der Waals surface area (Å²) < 4.78 is 50.5. The second-order valence-corrected chi connectivity index (χ2v) is 10.3. The van der Waals surface area contributed by atoms with Crippen LogP contribution in [0.1, 0.15) is 49.7 Å². The molecule has 3 aromatic rings. The summed E-state index contributed by atoms with van der Waals surface area (Å²) in [6, 6.07) is 11.8. The van der Waals surface area contributed by atoms with Gasteiger partial charge in [-0.15, -0.1) is 36.6 Å². The van der Waals surface area contributed by atoms with Crippen LogP contribution in [0.25, 0.3) is 10.9 Å². The Hall–Kier alpha value is -1.87. The molecule has 1 aromatic heterocycles. The minimum absolute atomic E-state index is 0. The van der Waals surface area contributed by atoms with E-state index in [-0.39, 0.29) is 24.8 Å². The maximum atomic E-state index is 13.0. The van der Waals surface area contributed by atoms with Gasteiger partial charge in [0.15, 0.2) is 11.5 Å². The first-order valence-electron chi connectivity index (χ1n) is 12.5. The standard InChI is InChI=1S/C28H33F3N2O2S.2ClH/c1-34-26-18-21(20-33-14-4-2-5-15-33)8-11-25(26)35-16-6-3-7-17-36-27-12-13-32-24-19-22(28(29,30)31)9-10-23(24)27;;/h8-13,18-19H,2-7,14-17,20H2,1H3;2*1H. The van der Waals surface area contributed by atoms with Gasteiger partial charge < -0.3 is 9.47 Å². The minimum atomic E-state index is -4.36. The summed E-state index contributed by atoms with van der Waals surface area (Å²) in [5, 5.41) is 0.759. The highest BCUT2D eigenvalue weighted by molar-refractivity contribution is 7.99. The molecule has 4 nitrogen and oxygen atoms in total. The number of methoxy groups -OCH3 is 1. The normalized spacial score (nSPS) is 14.0. The first-order valence-corrected chi connectivity index (χ1v) is 13.5. The maximum Gasteiger partial charge on any atom is 0.416 e. The van der Waals surface area contributed by atoms with Crippen molar-refractivity contribution in [3.63, 3.8) is 0 Å². The van der Waals surface area contributed by atoms with E-state index < -0.39 is 11.7 Å². The van der Waals surface area contributed by atoms with Crippen molar-refractivity contribution < 1.29 is 22.6 Å². The van der Waals surface area contributed by atoms with Gasteiger partial charge in [0.05, 0.1) is 24.8 Å². The van der Waals surface area contributed by atoms with Crippen LogP contribution < -0.4 is 9.47 Å². The average Bonchev–Trinajstić information content (AvgIpc) is 2.88. The van der Waals surface area contributed by atoms with Crippen molar-refractivity contribution in [1.29, 1.82) is 0 Å². The Morgan fingerprint density at radius 1 is 0.921 bits per heavy atom. The molecule has 1 fully saturated rings. The molecular weight excluding hydrogens is 556 g/mol. The van der Waals surface area contributed by atoms with Gasteiger partial charge in [-0.25, -0.2) is 0 Å². The third kappa shape index (κ3) is 9.11. The summed E-state index contributed by atoms with van der Waals surface area (Å²) in [5.41, 5.74) is 0.952. The fourth-order valence-electron chi connectivity index (χ4n) is 4.47. The molecule has 2 aromatic carbocycles. The second kappa shape index (κ2) is 15.7. The van der Waals surface area contributed by atoms with Crippen LogP contribution in [0.2, 0.25) is 0 Å². The van der Waals surface area contributed by atoms with E-state index in [4.69, 9.17) is 9.47 Å². The number of thioether (sulfide) groups is 1. The van der Waals surface area contributed by atoms with Crippen molar-refractivity contribution in [2.24, 2.45) is 0 Å². The number of nitrogens with zero attached hydrogens (tertiary/aromatic N) is 2. The van der Waals surface area contributed by atoms with Crippen LogP contribution in [0.5, 0.6) is 11.5 Å². The van der Waals surface area contributed by atoms with Crippen LogP contribution in [0, 0.1) is 0 Å². The Kier molecular flexibility index (Phi) is 13.3. The van der Waals surface area contributed by atoms with Crippen molar-refractivity contribution in [2.75, 3.05) is 32.6 Å². The molecule has 2 heterocycles. The number of pyridine rings is 1. The molecule has 0 amide bonds. The Labute approximate surface area is 239 Å². The zero-order valence-electron chi connectivity index (χ0n) is 21.5. The SMILES string of the molecule is COc1cc(CN2CCCCC2)ccc1OCCCCCSc1ccnc2cc(C(F)(F)F)ccc12.Cl.Cl. The quantitative estimate of drug-likeness (QED) is 0.165. The van der Waals surface area contributed by atoms with Crippen molar-refractivity contribution in [3.8, 4) is 11.5 Å². The lowest BCUT2D eigenvalue weighted by molar-refractivity contribution is -0.137. The van der Waals surface area contributed by atoms with Crippen LogP contribution in [0.15, 0.2) is 53.6 Å². The first kappa shape index (κ1) is 32.3. The van der Waals surface area contributed by atoms with Crippen molar-refractivity contribution in [1.82, 2.24) is 9.88 Å². The molecule has 1 aliphatic heterocycles. The summed E-state index contributed by atoms with van der Waals surface area (Å²) in [7, 11) is 1.68. The monoisotopic (exact) mass is 590 g/mol. The molecule has 1 aliphatic rings. The lowest BCUT2D eigenvalue weighted by atomic mass is 10.1. The van der Waals surface area contributed by atoms with Crippen molar-refractivity contribution in [3.05, 3.63) is 59.8 Å². The highest BCUT2D eigenvalue weighted by atomic mass is 35.5. The molecule has 0 radical (unpaired) electrons. The van der Waals surface area contributed by atoms with Gasteiger partial charge in [-0.1, -0.05) is 18.6 Å². The predicted molar refractivity (Wildman–Crippen MR) is 153 cm³/mol. The molecule has 0 atom stereocenters. The fraction of sp³-hybridized carbons (Fsp3) is 0.464. The molecule has 10 heteroatoms. The Bertz CT molecular complexity index is 1140. The number of benzene rings is 2. The summed E-state index contributed by atoms with van der Waals surface area (Å²) in [6.45, 7) is 3.89. The third-order valence-corrected chi connectivity index (χ3v) is 7.58. The number of fused-ring (bicyclic) bond motifs is 1. The molecular formula is C28H35Cl2F3N2O2S. The van der Waals surface area contributed by atoms with E-state index in [0.717, 1.165) is 78.6 Å². The number of aromatic nitrogens is 1. The molecule has 0 saturated carbocycles. The molecule has 0 bridgehead atoms. The smallest absolute Gasteiger partial charge is 0.416 e. The molecule has 38 heavy (non-hydrogen) atoms. The fourth-order valence-corrected chi connectivity index (χ4v) is 5.53. The number of halogens is 5. The summed E-state index contributed by atoms with van der Waals surface area (Å²) in [6.07, 6.45) is 4.01. The number of piperidine rings is 1. The van der Waals surface area contributed by atoms with E-state index in [2.05, 4.69) is 22.0 Å². The lowest BCUT2D eigenvalue weighted by Crippen LogP contribution is -2.29. The van der Waals surface area contributed by atoms with Crippen molar-refractivity contribution in [2.45, 2.75) is 56.1 Å². The number of rotatable bonds is 11. The van der Waals surface area contributed by atoms with Gasteiger partial charge in [0.2, 0.25) is 0 Å². The van der Waals surface area contributed by atoms with Gasteiger partial charge in [0.1, 0.15) is 0 Å². The van der Waals surface area contributed by atoms with Gasteiger partial charge in [-0.3, -0.25) is 9.88 Å². The van der Waals surface area contributed by atoms with Gasteiger partial charge in [-0.05, 0) is 86.8 Å². The number of hydrogen-bond donors (Lipinski definition) is 0. The molecule has 4 rings (SSSR count). The number of hydrogen-bond acceptors (Lipinski definition) is 5. The highest BCUT2D eigenvalue weighted by Gasteiger charge is 2.30. The van der Waals surface area contributed by atoms with Crippen molar-refractivity contribution >= 4 is 47.5 Å². The van der Waals surface area contributed by atoms with Gasteiger partial charge in [0, 0.05) is 23.0 Å². The number of alkyl halides is 3. The molecule has 0 spiro atoms. The Balaban J connectivity index is 0.00000253. The summed E-state index contributed by atoms with van der Waals surface area (Å²) >= 11 is 1.65. The lowest BCUT2D eigenvalue weighted by Gasteiger charge is -2.26. The molecule has 210 valence electrons. The molecule has 0 aliphatic carbocycles. The predicted octanol–water partition coefficient (Wildman–Crippen LogP) is 8.43. The Morgan fingerprint density at radius 2 is 1.71 bits per heavy atom. The number of likely N-dealkylation sites (tertiary alicyclic amines) is 1. The van der Waals surface area contributed by atoms with Gasteiger partial charge >= 0.3 is 6.18 Å². The van der Waals surface area contributed by atoms with Crippen LogP contribution >= 0.6 is 36.6 Å². The second-order valence-electron chi connectivity index (χ2n) is 9.12. The molecule has 0 unspecified atom stereocenters. The summed E-state index contributed by atoms with van der Waals surface area (Å²) in [5.74, 6) is 2.43. The van der Waals surface area contributed by atoms with E-state index in [1.165, 1.54) is 30.9 Å². The molecule has 1 saturated heterocycles. The van der Waals surface area contributed by atoms with E-state index in [1.54, 1.807) is 25.1 Å². The third-order valence-electron chi connectivity index (χ3n) is 6.42. The summed E-state index contributed by atoms with van der Waals surface area (Å²) in [4.78, 5) is 7.57. The van der Waals surface area contributed by atoms with Crippen LogP contribution in [0.4, 0.5) is 13.2 Å². The number of unbranched alkanes of at least 4 members (excludes halogenated alkanes) is 2. The molecule has 0 N–H and O–H groups in total.